The number of nitrogens with zero attached hydrogens (tertiary/aromatic N) is 1. The number of hydrogen-bond acceptors (Lipinski definition) is 3. The second kappa shape index (κ2) is 12.6. The number of allylic oxidation sites excluding steroid dienone is 7. The SMILES string of the molecule is C/C=C\C=C/c1ccc2c(c1)-c1ccc(N(c3ccc4c(c3)-c3ccccc3C4(C)SS)c3cccc4ccccc34)cc1C21C2=C(CC=C2)c2ccccc21. The van der Waals surface area contributed by atoms with E-state index in [0.717, 1.165) is 23.5 Å². The van der Waals surface area contributed by atoms with Crippen molar-refractivity contribution in [2.75, 3.05) is 4.90 Å². The third kappa shape index (κ3) is 4.53. The Hall–Kier alpha value is -5.74. The second-order valence-electron chi connectivity index (χ2n) is 15.4. The molecule has 0 aliphatic heterocycles. The molecule has 4 aliphatic rings. The lowest BCUT2D eigenvalue weighted by atomic mass is 9.69. The Morgan fingerprint density at radius 3 is 2.16 bits per heavy atom. The lowest BCUT2D eigenvalue weighted by Gasteiger charge is -2.33. The van der Waals surface area contributed by atoms with Crippen LogP contribution in [0.25, 0.3) is 44.7 Å². The van der Waals surface area contributed by atoms with Crippen molar-refractivity contribution in [3.63, 3.8) is 0 Å². The molecule has 0 amide bonds. The summed E-state index contributed by atoms with van der Waals surface area (Å²) in [5.74, 6) is 0. The summed E-state index contributed by atoms with van der Waals surface area (Å²) in [7, 11) is 1.62. The van der Waals surface area contributed by atoms with Crippen molar-refractivity contribution in [2.24, 2.45) is 0 Å². The minimum atomic E-state index is -0.405. The first-order chi connectivity index (χ1) is 27.6. The van der Waals surface area contributed by atoms with Gasteiger partial charge in [0.25, 0.3) is 0 Å². The first-order valence-electron chi connectivity index (χ1n) is 19.5. The molecule has 0 N–H and O–H groups in total. The predicted molar refractivity (Wildman–Crippen MR) is 243 cm³/mol. The number of hydrogen-bond donors (Lipinski definition) is 1. The fourth-order valence-corrected chi connectivity index (χ4v) is 11.4. The molecule has 0 saturated heterocycles. The number of benzene rings is 7. The van der Waals surface area contributed by atoms with E-state index in [1.165, 1.54) is 83.1 Å². The highest BCUT2D eigenvalue weighted by Crippen LogP contribution is 2.65. The predicted octanol–water partition coefficient (Wildman–Crippen LogP) is 14.8. The van der Waals surface area contributed by atoms with Crippen molar-refractivity contribution in [3.05, 3.63) is 220 Å². The van der Waals surface area contributed by atoms with Gasteiger partial charge in [0.05, 0.1) is 15.8 Å². The quantitative estimate of drug-likeness (QED) is 0.102. The molecular formula is C53H39NS2. The van der Waals surface area contributed by atoms with Crippen LogP contribution < -0.4 is 4.90 Å². The fraction of sp³-hybridized carbons (Fsp3) is 0.0943. The molecule has 2 atom stereocenters. The van der Waals surface area contributed by atoms with Crippen LogP contribution in [-0.2, 0) is 10.2 Å². The summed E-state index contributed by atoms with van der Waals surface area (Å²) in [5, 5.41) is 2.44. The minimum Gasteiger partial charge on any atom is -0.310 e. The molecule has 0 saturated carbocycles. The van der Waals surface area contributed by atoms with E-state index in [4.69, 9.17) is 11.7 Å². The zero-order chi connectivity index (χ0) is 37.6. The summed E-state index contributed by atoms with van der Waals surface area (Å²) in [4.78, 5) is 2.50. The Morgan fingerprint density at radius 1 is 0.607 bits per heavy atom. The van der Waals surface area contributed by atoms with Gasteiger partial charge in [0.15, 0.2) is 0 Å². The van der Waals surface area contributed by atoms with E-state index in [1.807, 2.05) is 0 Å². The normalized spacial score (nSPS) is 19.6. The van der Waals surface area contributed by atoms with Gasteiger partial charge in [-0.3, -0.25) is 0 Å². The molecule has 1 nitrogen and oxygen atoms in total. The van der Waals surface area contributed by atoms with Crippen molar-refractivity contribution >= 4 is 61.9 Å². The van der Waals surface area contributed by atoms with Crippen LogP contribution in [0.2, 0.25) is 0 Å². The lowest BCUT2D eigenvalue weighted by Crippen LogP contribution is -2.27. The highest BCUT2D eigenvalue weighted by molar-refractivity contribution is 8.69. The second-order valence-corrected chi connectivity index (χ2v) is 17.0. The van der Waals surface area contributed by atoms with Gasteiger partial charge in [0, 0.05) is 16.8 Å². The number of fused-ring (bicyclic) bond motifs is 13. The van der Waals surface area contributed by atoms with Gasteiger partial charge in [-0.2, -0.15) is 0 Å². The number of thiol groups is 1. The van der Waals surface area contributed by atoms with Crippen molar-refractivity contribution in [3.8, 4) is 22.3 Å². The fourth-order valence-electron chi connectivity index (χ4n) is 10.3. The third-order valence-electron chi connectivity index (χ3n) is 12.7. The monoisotopic (exact) mass is 753 g/mol. The first kappa shape index (κ1) is 33.6. The molecule has 1 spiro atoms. The van der Waals surface area contributed by atoms with Crippen molar-refractivity contribution in [2.45, 2.75) is 30.4 Å². The Kier molecular flexibility index (Phi) is 7.58. The van der Waals surface area contributed by atoms with Gasteiger partial charge >= 0.3 is 0 Å². The van der Waals surface area contributed by atoms with Crippen LogP contribution in [0.4, 0.5) is 17.1 Å². The summed E-state index contributed by atoms with van der Waals surface area (Å²) >= 11 is 4.83. The molecule has 0 bridgehead atoms. The molecular weight excluding hydrogens is 715 g/mol. The van der Waals surface area contributed by atoms with E-state index >= 15 is 0 Å². The molecule has 7 aromatic carbocycles. The van der Waals surface area contributed by atoms with E-state index in [2.05, 4.69) is 201 Å². The molecule has 56 heavy (non-hydrogen) atoms. The smallest absolute Gasteiger partial charge is 0.0741 e. The average molecular weight is 754 g/mol. The Morgan fingerprint density at radius 2 is 1.29 bits per heavy atom. The summed E-state index contributed by atoms with van der Waals surface area (Å²) in [6.45, 7) is 4.36. The van der Waals surface area contributed by atoms with Gasteiger partial charge in [-0.1, -0.05) is 156 Å². The van der Waals surface area contributed by atoms with Crippen LogP contribution in [0.15, 0.2) is 182 Å². The van der Waals surface area contributed by atoms with Crippen molar-refractivity contribution in [1.82, 2.24) is 0 Å². The summed E-state index contributed by atoms with van der Waals surface area (Å²) in [6, 6.07) is 54.9. The van der Waals surface area contributed by atoms with E-state index in [-0.39, 0.29) is 4.75 Å². The maximum absolute atomic E-state index is 4.83. The maximum Gasteiger partial charge on any atom is 0.0741 e. The molecule has 0 radical (unpaired) electrons. The van der Waals surface area contributed by atoms with Gasteiger partial charge < -0.3 is 4.90 Å². The van der Waals surface area contributed by atoms with Crippen LogP contribution in [0.5, 0.6) is 0 Å². The van der Waals surface area contributed by atoms with Crippen molar-refractivity contribution < 1.29 is 0 Å². The molecule has 268 valence electrons. The van der Waals surface area contributed by atoms with Gasteiger partial charge in [-0.15, -0.1) is 11.7 Å². The third-order valence-corrected chi connectivity index (χ3v) is 14.6. The maximum atomic E-state index is 4.83. The highest BCUT2D eigenvalue weighted by atomic mass is 33.1. The average Bonchev–Trinajstić information content (AvgIpc) is 3.98. The topological polar surface area (TPSA) is 3.24 Å². The number of anilines is 3. The van der Waals surface area contributed by atoms with Gasteiger partial charge in [0.2, 0.25) is 0 Å². The Bertz CT molecular complexity index is 2920. The van der Waals surface area contributed by atoms with E-state index in [9.17, 15) is 0 Å². The van der Waals surface area contributed by atoms with Crippen molar-refractivity contribution in [1.29, 1.82) is 0 Å². The lowest BCUT2D eigenvalue weighted by molar-refractivity contribution is 0.787. The molecule has 0 fully saturated rings. The van der Waals surface area contributed by atoms with Gasteiger partial charge in [-0.05, 0) is 134 Å². The summed E-state index contributed by atoms with van der Waals surface area (Å²) in [6.07, 6.45) is 14.3. The zero-order valence-electron chi connectivity index (χ0n) is 31.3. The highest BCUT2D eigenvalue weighted by Gasteiger charge is 2.53. The van der Waals surface area contributed by atoms with E-state index < -0.39 is 5.41 Å². The Labute approximate surface area is 338 Å². The molecule has 2 unspecified atom stereocenters. The zero-order valence-corrected chi connectivity index (χ0v) is 33.0. The molecule has 0 heterocycles. The van der Waals surface area contributed by atoms with E-state index in [0.29, 0.717) is 0 Å². The minimum absolute atomic E-state index is 0.236. The van der Waals surface area contributed by atoms with Crippen LogP contribution in [0.1, 0.15) is 59.2 Å². The molecule has 3 heteroatoms. The number of rotatable bonds is 6. The van der Waals surface area contributed by atoms with Crippen LogP contribution in [0.3, 0.4) is 0 Å². The molecule has 4 aliphatic carbocycles. The van der Waals surface area contributed by atoms with Crippen LogP contribution in [0, 0.1) is 0 Å². The summed E-state index contributed by atoms with van der Waals surface area (Å²) in [5.41, 5.74) is 20.4. The summed E-state index contributed by atoms with van der Waals surface area (Å²) < 4.78 is -0.236. The van der Waals surface area contributed by atoms with Crippen LogP contribution in [-0.4, -0.2) is 0 Å². The van der Waals surface area contributed by atoms with Gasteiger partial charge in [-0.25, -0.2) is 0 Å². The molecule has 11 rings (SSSR count). The molecule has 7 aromatic rings. The molecule has 0 aromatic heterocycles. The van der Waals surface area contributed by atoms with E-state index in [1.54, 1.807) is 10.8 Å². The van der Waals surface area contributed by atoms with Crippen LogP contribution >= 0.6 is 22.5 Å². The Balaban J connectivity index is 1.19. The first-order valence-corrected chi connectivity index (χ1v) is 21.4. The van der Waals surface area contributed by atoms with Gasteiger partial charge in [0.1, 0.15) is 0 Å². The standard InChI is InChI=1S/C53H39NS2/c1-3-4-5-14-34-25-29-49-43(31-34)42-28-26-37(33-50(42)53(49)47-22-11-9-18-39(47)40-20-13-23-48(40)53)54(51-24-12-16-35-15-6-7-17-38(35)51)36-27-30-46-44(32-36)41-19-8-10-21-45(41)52(46,2)56-55/h3-19,21-33,55H,20H2,1-2H3/b4-3-,14-5-. The largest absolute Gasteiger partial charge is 0.310 e.